The normalized spacial score (nSPS) is 19.6. The van der Waals surface area contributed by atoms with Gasteiger partial charge in [-0.1, -0.05) is 17.7 Å². The Morgan fingerprint density at radius 1 is 1.03 bits per heavy atom. The number of amides is 3. The Kier molecular flexibility index (Phi) is 7.24. The highest BCUT2D eigenvalue weighted by Gasteiger charge is 2.28. The van der Waals surface area contributed by atoms with Crippen molar-refractivity contribution in [2.24, 2.45) is 0 Å². The van der Waals surface area contributed by atoms with Gasteiger partial charge in [0.2, 0.25) is 0 Å². The van der Waals surface area contributed by atoms with E-state index in [2.05, 4.69) is 10.2 Å². The summed E-state index contributed by atoms with van der Waals surface area (Å²) in [6.07, 6.45) is -0.0896. The van der Waals surface area contributed by atoms with E-state index < -0.39 is 0 Å². The Morgan fingerprint density at radius 3 is 2.50 bits per heavy atom. The molecule has 7 nitrogen and oxygen atoms in total. The fraction of sp³-hybridized carbons (Fsp3) is 0.391. The average Bonchev–Trinajstić information content (AvgIpc) is 2.80. The van der Waals surface area contributed by atoms with E-state index in [9.17, 15) is 14.0 Å². The number of nitrogens with one attached hydrogen (secondary N) is 1. The van der Waals surface area contributed by atoms with E-state index in [4.69, 9.17) is 16.3 Å². The van der Waals surface area contributed by atoms with E-state index in [1.165, 1.54) is 24.3 Å². The first-order chi connectivity index (χ1) is 15.5. The number of anilines is 1. The van der Waals surface area contributed by atoms with Crippen molar-refractivity contribution in [2.45, 2.75) is 6.10 Å². The molecule has 1 N–H and O–H groups in total. The number of hydrogen-bond acceptors (Lipinski definition) is 4. The lowest BCUT2D eigenvalue weighted by Crippen LogP contribution is -2.54. The van der Waals surface area contributed by atoms with Crippen molar-refractivity contribution in [1.82, 2.24) is 14.7 Å². The second-order valence-electron chi connectivity index (χ2n) is 7.98. The van der Waals surface area contributed by atoms with Crippen LogP contribution in [0, 0.1) is 5.82 Å². The summed E-state index contributed by atoms with van der Waals surface area (Å²) in [6.45, 7) is 4.85. The minimum Gasteiger partial charge on any atom is -0.373 e. The molecule has 3 amide bonds. The van der Waals surface area contributed by atoms with Crippen LogP contribution in [0.25, 0.3) is 0 Å². The van der Waals surface area contributed by atoms with Gasteiger partial charge in [-0.25, -0.2) is 9.18 Å². The maximum absolute atomic E-state index is 13.1. The molecule has 2 fully saturated rings. The third kappa shape index (κ3) is 5.76. The molecule has 1 unspecified atom stereocenters. The molecule has 0 saturated carbocycles. The van der Waals surface area contributed by atoms with Gasteiger partial charge < -0.3 is 19.9 Å². The molecule has 0 spiro atoms. The third-order valence-electron chi connectivity index (χ3n) is 5.71. The Labute approximate surface area is 191 Å². The Morgan fingerprint density at radius 2 is 1.78 bits per heavy atom. The second-order valence-corrected chi connectivity index (χ2v) is 8.42. The maximum atomic E-state index is 13.1. The quantitative estimate of drug-likeness (QED) is 0.761. The molecule has 4 rings (SSSR count). The molecule has 1 atom stereocenters. The van der Waals surface area contributed by atoms with E-state index >= 15 is 0 Å². The molecule has 2 aromatic carbocycles. The van der Waals surface area contributed by atoms with Crippen LogP contribution < -0.4 is 5.32 Å². The summed E-state index contributed by atoms with van der Waals surface area (Å²) in [5, 5.41) is 3.45. The lowest BCUT2D eigenvalue weighted by molar-refractivity contribution is -0.0338. The first-order valence-electron chi connectivity index (χ1n) is 10.7. The zero-order valence-electron chi connectivity index (χ0n) is 17.7. The van der Waals surface area contributed by atoms with Gasteiger partial charge in [0.25, 0.3) is 5.91 Å². The third-order valence-corrected chi connectivity index (χ3v) is 5.95. The SMILES string of the molecule is O=C(Nc1cccc(Cl)c1)N1CCOC(CN2CCN(C(=O)c3ccc(F)cc3)CC2)C1. The highest BCUT2D eigenvalue weighted by Crippen LogP contribution is 2.17. The average molecular weight is 461 g/mol. The zero-order chi connectivity index (χ0) is 22.5. The van der Waals surface area contributed by atoms with Crippen molar-refractivity contribution in [3.63, 3.8) is 0 Å². The molecular weight excluding hydrogens is 435 g/mol. The number of benzene rings is 2. The summed E-state index contributed by atoms with van der Waals surface area (Å²) < 4.78 is 19.0. The van der Waals surface area contributed by atoms with E-state index in [0.29, 0.717) is 55.6 Å². The topological polar surface area (TPSA) is 65.1 Å². The fourth-order valence-electron chi connectivity index (χ4n) is 3.98. The van der Waals surface area contributed by atoms with Gasteiger partial charge in [-0.2, -0.15) is 0 Å². The Bertz CT molecular complexity index is 951. The first-order valence-corrected chi connectivity index (χ1v) is 11.1. The van der Waals surface area contributed by atoms with Crippen LogP contribution in [0.3, 0.4) is 0 Å². The van der Waals surface area contributed by atoms with Gasteiger partial charge in [0.15, 0.2) is 0 Å². The largest absolute Gasteiger partial charge is 0.373 e. The van der Waals surface area contributed by atoms with Crippen molar-refractivity contribution in [1.29, 1.82) is 0 Å². The van der Waals surface area contributed by atoms with E-state index in [1.807, 2.05) is 0 Å². The second kappa shape index (κ2) is 10.3. The number of halogens is 2. The van der Waals surface area contributed by atoms with Gasteiger partial charge in [-0.3, -0.25) is 9.69 Å². The van der Waals surface area contributed by atoms with Gasteiger partial charge in [0.1, 0.15) is 5.82 Å². The van der Waals surface area contributed by atoms with E-state index in [-0.39, 0.29) is 23.9 Å². The molecule has 0 bridgehead atoms. The van der Waals surface area contributed by atoms with Crippen LogP contribution in [-0.2, 0) is 4.74 Å². The number of hydrogen-bond donors (Lipinski definition) is 1. The lowest BCUT2D eigenvalue weighted by atomic mass is 10.1. The van der Waals surface area contributed by atoms with Crippen LogP contribution in [0.5, 0.6) is 0 Å². The fourth-order valence-corrected chi connectivity index (χ4v) is 4.17. The van der Waals surface area contributed by atoms with Crippen LogP contribution in [0.2, 0.25) is 5.02 Å². The predicted octanol–water partition coefficient (Wildman–Crippen LogP) is 3.17. The molecule has 170 valence electrons. The van der Waals surface area contributed by atoms with Crippen LogP contribution >= 0.6 is 11.6 Å². The Hall–Kier alpha value is -2.68. The number of urea groups is 1. The smallest absolute Gasteiger partial charge is 0.322 e. The molecule has 9 heteroatoms. The highest BCUT2D eigenvalue weighted by molar-refractivity contribution is 6.30. The molecule has 32 heavy (non-hydrogen) atoms. The van der Waals surface area contributed by atoms with E-state index in [0.717, 1.165) is 13.1 Å². The monoisotopic (exact) mass is 460 g/mol. The maximum Gasteiger partial charge on any atom is 0.322 e. The highest BCUT2D eigenvalue weighted by atomic mass is 35.5. The molecule has 0 aliphatic carbocycles. The molecule has 2 saturated heterocycles. The van der Waals surface area contributed by atoms with Crippen LogP contribution in [-0.4, -0.2) is 85.2 Å². The molecule has 0 aromatic heterocycles. The summed E-state index contributed by atoms with van der Waals surface area (Å²) in [6, 6.07) is 12.5. The molecule has 2 aliphatic heterocycles. The standard InChI is InChI=1S/C23H26ClFN4O3/c24-18-2-1-3-20(14-18)26-23(31)29-12-13-32-21(16-29)15-27-8-10-28(11-9-27)22(30)17-4-6-19(25)7-5-17/h1-7,14,21H,8-13,15-16H2,(H,26,31). The number of carbonyl (C=O) groups is 2. The van der Waals surface area contributed by atoms with Crippen molar-refractivity contribution >= 4 is 29.2 Å². The minimum absolute atomic E-state index is 0.0811. The number of piperazine rings is 1. The summed E-state index contributed by atoms with van der Waals surface area (Å²) >= 11 is 5.99. The molecule has 2 aliphatic rings. The summed E-state index contributed by atoms with van der Waals surface area (Å²) in [4.78, 5) is 31.0. The number of morpholine rings is 1. The molecule has 0 radical (unpaired) electrons. The van der Waals surface area contributed by atoms with E-state index in [1.54, 1.807) is 34.1 Å². The van der Waals surface area contributed by atoms with Gasteiger partial charge in [-0.15, -0.1) is 0 Å². The first kappa shape index (κ1) is 22.5. The number of ether oxygens (including phenoxy) is 1. The van der Waals surface area contributed by atoms with Crippen LogP contribution in [0.4, 0.5) is 14.9 Å². The van der Waals surface area contributed by atoms with Crippen molar-refractivity contribution in [2.75, 3.05) is 57.7 Å². The van der Waals surface area contributed by atoms with Crippen molar-refractivity contribution in [3.05, 3.63) is 64.9 Å². The summed E-state index contributed by atoms with van der Waals surface area (Å²) in [5.41, 5.74) is 1.16. The van der Waals surface area contributed by atoms with Gasteiger partial charge >= 0.3 is 6.03 Å². The van der Waals surface area contributed by atoms with Crippen molar-refractivity contribution < 1.29 is 18.7 Å². The number of carbonyl (C=O) groups excluding carboxylic acids is 2. The van der Waals surface area contributed by atoms with Crippen LogP contribution in [0.15, 0.2) is 48.5 Å². The zero-order valence-corrected chi connectivity index (χ0v) is 18.4. The molecule has 2 aromatic rings. The Balaban J connectivity index is 1.24. The van der Waals surface area contributed by atoms with Gasteiger partial charge in [0, 0.05) is 62.1 Å². The van der Waals surface area contributed by atoms with Crippen molar-refractivity contribution in [3.8, 4) is 0 Å². The van der Waals surface area contributed by atoms with Gasteiger partial charge in [0.05, 0.1) is 12.7 Å². The molecular formula is C23H26ClFN4O3. The minimum atomic E-state index is -0.353. The van der Waals surface area contributed by atoms with Gasteiger partial charge in [-0.05, 0) is 42.5 Å². The predicted molar refractivity (Wildman–Crippen MR) is 121 cm³/mol. The summed E-state index contributed by atoms with van der Waals surface area (Å²) in [7, 11) is 0. The lowest BCUT2D eigenvalue weighted by Gasteiger charge is -2.39. The summed E-state index contributed by atoms with van der Waals surface area (Å²) in [5.74, 6) is -0.434. The number of rotatable bonds is 4. The molecule has 2 heterocycles. The van der Waals surface area contributed by atoms with Crippen LogP contribution in [0.1, 0.15) is 10.4 Å². The number of nitrogens with zero attached hydrogens (tertiary/aromatic N) is 3.